The van der Waals surface area contributed by atoms with Crippen LogP contribution in [0, 0.1) is 0 Å². The van der Waals surface area contributed by atoms with Crippen molar-refractivity contribution in [1.29, 1.82) is 0 Å². The number of hydrogen-bond donors (Lipinski definition) is 1. The van der Waals surface area contributed by atoms with E-state index < -0.39 is 33.9 Å². The van der Waals surface area contributed by atoms with Crippen molar-refractivity contribution in [2.45, 2.75) is 25.7 Å². The summed E-state index contributed by atoms with van der Waals surface area (Å²) in [5.74, 6) is -1.67. The van der Waals surface area contributed by atoms with Gasteiger partial charge in [-0.15, -0.1) is 0 Å². The molecule has 19 heavy (non-hydrogen) atoms. The Bertz CT molecular complexity index is 489. The quantitative estimate of drug-likeness (QED) is 0.420. The second-order valence-electron chi connectivity index (χ2n) is 3.84. The number of rotatable bonds is 7. The van der Waals surface area contributed by atoms with E-state index in [1.807, 2.05) is 0 Å². The van der Waals surface area contributed by atoms with Gasteiger partial charge < -0.3 is 9.47 Å². The van der Waals surface area contributed by atoms with E-state index in [1.165, 1.54) is 13.8 Å². The third-order valence-corrected chi connectivity index (χ3v) is 2.85. The van der Waals surface area contributed by atoms with Crippen molar-refractivity contribution in [3.63, 3.8) is 0 Å². The van der Waals surface area contributed by atoms with Crippen LogP contribution >= 0.6 is 0 Å². The minimum absolute atomic E-state index is 0.0208. The van der Waals surface area contributed by atoms with Crippen LogP contribution in [0.2, 0.25) is 0 Å². The van der Waals surface area contributed by atoms with Crippen molar-refractivity contribution in [2.75, 3.05) is 6.61 Å². The first-order chi connectivity index (χ1) is 8.55. The van der Waals surface area contributed by atoms with Crippen molar-refractivity contribution >= 4 is 22.1 Å². The topological polar surface area (TPSA) is 107 Å². The predicted octanol–water partition coefficient (Wildman–Crippen LogP) is 0.829. The maximum atomic E-state index is 11.2. The van der Waals surface area contributed by atoms with Crippen LogP contribution in [0.25, 0.3) is 0 Å². The molecule has 0 aliphatic carbocycles. The van der Waals surface area contributed by atoms with Crippen LogP contribution in [0.1, 0.15) is 20.3 Å². The zero-order chi connectivity index (χ0) is 15.2. The normalized spacial score (nSPS) is 12.4. The molecule has 8 heteroatoms. The van der Waals surface area contributed by atoms with Gasteiger partial charge in [-0.25, -0.2) is 9.59 Å². The summed E-state index contributed by atoms with van der Waals surface area (Å²) in [7, 11) is -4.61. The van der Waals surface area contributed by atoms with E-state index in [9.17, 15) is 18.0 Å². The van der Waals surface area contributed by atoms with Gasteiger partial charge in [-0.1, -0.05) is 13.2 Å². The molecule has 1 N–H and O–H groups in total. The number of hydrogen-bond acceptors (Lipinski definition) is 6. The lowest BCUT2D eigenvalue weighted by atomic mass is 10.3. The third kappa shape index (κ3) is 6.73. The van der Waals surface area contributed by atoms with Gasteiger partial charge in [0.05, 0.1) is 6.61 Å². The number of ether oxygens (including phenoxy) is 2. The molecule has 0 aliphatic heterocycles. The Morgan fingerprint density at radius 3 is 2.00 bits per heavy atom. The smallest absolute Gasteiger partial charge is 0.334 e. The van der Waals surface area contributed by atoms with Gasteiger partial charge in [-0.3, -0.25) is 4.55 Å². The Hall–Kier alpha value is -1.67. The van der Waals surface area contributed by atoms with E-state index in [-0.39, 0.29) is 17.8 Å². The van der Waals surface area contributed by atoms with E-state index >= 15 is 0 Å². The first kappa shape index (κ1) is 17.3. The highest BCUT2D eigenvalue weighted by molar-refractivity contribution is 7.86. The zero-order valence-corrected chi connectivity index (χ0v) is 11.5. The van der Waals surface area contributed by atoms with E-state index in [4.69, 9.17) is 4.55 Å². The largest absolute Gasteiger partial charge is 0.462 e. The fraction of sp³-hybridized carbons (Fsp3) is 0.455. The molecular formula is C11H16O7S. The van der Waals surface area contributed by atoms with Gasteiger partial charge in [-0.05, 0) is 13.8 Å². The van der Waals surface area contributed by atoms with Crippen molar-refractivity contribution in [3.05, 3.63) is 24.3 Å². The monoisotopic (exact) mass is 292 g/mol. The summed E-state index contributed by atoms with van der Waals surface area (Å²) in [6.07, 6.45) is -0.392. The Labute approximate surface area is 111 Å². The van der Waals surface area contributed by atoms with Gasteiger partial charge in [0.1, 0.15) is 0 Å². The van der Waals surface area contributed by atoms with Gasteiger partial charge >= 0.3 is 22.1 Å². The first-order valence-corrected chi connectivity index (χ1v) is 6.71. The van der Waals surface area contributed by atoms with E-state index in [1.54, 1.807) is 0 Å². The molecule has 0 aromatic rings. The van der Waals surface area contributed by atoms with E-state index in [2.05, 4.69) is 22.6 Å². The molecule has 0 saturated heterocycles. The fourth-order valence-electron chi connectivity index (χ4n) is 0.860. The fourth-order valence-corrected chi connectivity index (χ4v) is 1.46. The lowest BCUT2D eigenvalue weighted by Gasteiger charge is -2.15. The average Bonchev–Trinajstić information content (AvgIpc) is 2.25. The maximum Gasteiger partial charge on any atom is 0.334 e. The summed E-state index contributed by atoms with van der Waals surface area (Å²) in [6.45, 7) is 9.00. The Balaban J connectivity index is 4.56. The molecule has 0 bridgehead atoms. The van der Waals surface area contributed by atoms with Crippen LogP contribution in [-0.2, 0) is 29.2 Å². The highest BCUT2D eigenvalue weighted by Gasteiger charge is 2.27. The lowest BCUT2D eigenvalue weighted by molar-refractivity contribution is -0.143. The maximum absolute atomic E-state index is 11.2. The summed E-state index contributed by atoms with van der Waals surface area (Å²) >= 11 is 0. The molecular weight excluding hydrogens is 276 g/mol. The van der Waals surface area contributed by atoms with Gasteiger partial charge in [0, 0.05) is 17.6 Å². The van der Waals surface area contributed by atoms with E-state index in [0.717, 1.165) is 0 Å². The number of esters is 2. The van der Waals surface area contributed by atoms with Gasteiger partial charge in [-0.2, -0.15) is 8.42 Å². The second-order valence-corrected chi connectivity index (χ2v) is 5.39. The molecule has 0 amide bonds. The Morgan fingerprint density at radius 1 is 1.16 bits per heavy atom. The lowest BCUT2D eigenvalue weighted by Crippen LogP contribution is -2.29. The van der Waals surface area contributed by atoms with Crippen LogP contribution in [0.15, 0.2) is 24.3 Å². The molecule has 0 spiro atoms. The van der Waals surface area contributed by atoms with Crippen LogP contribution in [0.5, 0.6) is 0 Å². The molecule has 1 atom stereocenters. The third-order valence-electron chi connectivity index (χ3n) is 1.85. The van der Waals surface area contributed by atoms with Crippen LogP contribution in [0.4, 0.5) is 0 Å². The van der Waals surface area contributed by atoms with Gasteiger partial charge in [0.25, 0.3) is 0 Å². The predicted molar refractivity (Wildman–Crippen MR) is 66.6 cm³/mol. The molecule has 1 unspecified atom stereocenters. The minimum atomic E-state index is -4.61. The van der Waals surface area contributed by atoms with Crippen molar-refractivity contribution in [3.8, 4) is 0 Å². The van der Waals surface area contributed by atoms with Crippen LogP contribution < -0.4 is 0 Å². The zero-order valence-electron chi connectivity index (χ0n) is 10.7. The van der Waals surface area contributed by atoms with Crippen molar-refractivity contribution in [2.24, 2.45) is 0 Å². The molecule has 0 heterocycles. The number of carbonyl (C=O) groups excluding carboxylic acids is 2. The summed E-state index contributed by atoms with van der Waals surface area (Å²) in [4.78, 5) is 22.2. The number of carbonyl (C=O) groups is 2. The molecule has 108 valence electrons. The van der Waals surface area contributed by atoms with Crippen LogP contribution in [0.3, 0.4) is 0 Å². The summed E-state index contributed by atoms with van der Waals surface area (Å²) in [6, 6.07) is 0. The Morgan fingerprint density at radius 2 is 1.63 bits per heavy atom. The van der Waals surface area contributed by atoms with Crippen molar-refractivity contribution < 1.29 is 32.0 Å². The molecule has 0 fully saturated rings. The molecule has 0 aromatic carbocycles. The second kappa shape index (κ2) is 7.05. The first-order valence-electron chi connectivity index (χ1n) is 5.21. The Kier molecular flexibility index (Phi) is 6.43. The summed E-state index contributed by atoms with van der Waals surface area (Å²) < 4.78 is 40.0. The summed E-state index contributed by atoms with van der Waals surface area (Å²) in [5.41, 5.74) is -1.69. The summed E-state index contributed by atoms with van der Waals surface area (Å²) in [5, 5.41) is 0. The van der Waals surface area contributed by atoms with E-state index in [0.29, 0.717) is 0 Å². The molecule has 0 aliphatic rings. The highest BCUT2D eigenvalue weighted by atomic mass is 32.2. The molecule has 0 saturated carbocycles. The highest BCUT2D eigenvalue weighted by Crippen LogP contribution is 2.10. The molecule has 0 radical (unpaired) electrons. The molecule has 0 rings (SSSR count). The molecule has 0 aromatic heterocycles. The van der Waals surface area contributed by atoms with Gasteiger partial charge in [0.2, 0.25) is 5.44 Å². The average molecular weight is 292 g/mol. The standard InChI is InChI=1S/C11H16O7S/c1-7(2)10(12)17-6-5-9(19(14,15)16)18-11(13)8(3)4/h9H,1,3,5-6H2,2,4H3,(H,14,15,16). The minimum Gasteiger partial charge on any atom is -0.462 e. The van der Waals surface area contributed by atoms with Crippen LogP contribution in [-0.4, -0.2) is 37.0 Å². The molecule has 7 nitrogen and oxygen atoms in total. The van der Waals surface area contributed by atoms with Gasteiger partial charge in [0.15, 0.2) is 0 Å². The van der Waals surface area contributed by atoms with Crippen molar-refractivity contribution in [1.82, 2.24) is 0 Å². The SMILES string of the molecule is C=C(C)C(=O)OCCC(OC(=O)C(=C)C)S(=O)(=O)O.